The molecule has 10 heteroatoms. The van der Waals surface area contributed by atoms with Crippen molar-refractivity contribution in [2.75, 3.05) is 0 Å². The van der Waals surface area contributed by atoms with Crippen molar-refractivity contribution in [1.29, 1.82) is 0 Å². The number of carbonyl (C=O) groups is 3. The van der Waals surface area contributed by atoms with E-state index in [1.54, 1.807) is 13.8 Å². The van der Waals surface area contributed by atoms with Gasteiger partial charge in [-0.05, 0) is 31.5 Å². The Kier molecular flexibility index (Phi) is 5.22. The molecule has 2 saturated heterocycles. The van der Waals surface area contributed by atoms with Gasteiger partial charge in [-0.2, -0.15) is 0 Å². The quantitative estimate of drug-likeness (QED) is 0.494. The lowest BCUT2D eigenvalue weighted by Crippen LogP contribution is -2.71. The molecule has 0 saturated carbocycles. The van der Waals surface area contributed by atoms with Crippen molar-refractivity contribution < 1.29 is 30.1 Å². The largest absolute Gasteiger partial charge is 0.508 e. The highest BCUT2D eigenvalue weighted by molar-refractivity contribution is 8.01. The van der Waals surface area contributed by atoms with Gasteiger partial charge in [0.2, 0.25) is 11.8 Å². The van der Waals surface area contributed by atoms with Crippen LogP contribution in [0.4, 0.5) is 0 Å². The summed E-state index contributed by atoms with van der Waals surface area (Å²) in [5.74, 6) is -1.94. The average molecular weight is 383 g/mol. The number of carboxylic acid groups (broad SMARTS) is 1. The summed E-state index contributed by atoms with van der Waals surface area (Å²) in [4.78, 5) is 37.5. The van der Waals surface area contributed by atoms with Crippen LogP contribution in [0.25, 0.3) is 0 Å². The Labute approximate surface area is 153 Å². The van der Waals surface area contributed by atoms with Crippen LogP contribution in [0.3, 0.4) is 0 Å². The smallest absolute Gasteiger partial charge is 0.327 e. The highest BCUT2D eigenvalue weighted by Gasteiger charge is 2.64. The number of hydrogen-bond donors (Lipinski definition) is 4. The highest BCUT2D eigenvalue weighted by Crippen LogP contribution is 2.50. The number of carbonyl (C=O) groups excluding carboxylic acids is 2. The number of fused-ring (bicyclic) bond motifs is 1. The third kappa shape index (κ3) is 3.11. The molecule has 2 fully saturated rings. The number of phenols is 1. The summed E-state index contributed by atoms with van der Waals surface area (Å²) in [5, 5.41) is 20.9. The second-order valence-electron chi connectivity index (χ2n) is 6.65. The zero-order valence-corrected chi connectivity index (χ0v) is 15.0. The van der Waals surface area contributed by atoms with Gasteiger partial charge in [-0.15, -0.1) is 11.8 Å². The van der Waals surface area contributed by atoms with Crippen molar-refractivity contribution in [3.63, 3.8) is 0 Å². The van der Waals surface area contributed by atoms with Crippen molar-refractivity contribution in [2.24, 2.45) is 5.73 Å². The van der Waals surface area contributed by atoms with Crippen LogP contribution in [0.15, 0.2) is 24.3 Å². The van der Waals surface area contributed by atoms with Gasteiger partial charge in [0.15, 0.2) is 0 Å². The van der Waals surface area contributed by atoms with Crippen molar-refractivity contribution >= 4 is 29.5 Å². The van der Waals surface area contributed by atoms with Gasteiger partial charge in [-0.1, -0.05) is 12.1 Å². The monoisotopic (exact) mass is 383 g/mol. The lowest BCUT2D eigenvalue weighted by molar-refractivity contribution is -0.161. The normalized spacial score (nSPS) is 27.0. The highest BCUT2D eigenvalue weighted by atomic mass is 32.2. The van der Waals surface area contributed by atoms with E-state index >= 15 is 0 Å². The van der Waals surface area contributed by atoms with Crippen molar-refractivity contribution in [3.05, 3.63) is 29.8 Å². The summed E-state index contributed by atoms with van der Waals surface area (Å²) in [7, 11) is 0. The lowest BCUT2D eigenvalue weighted by atomic mass is 9.95. The standard InChI is InChI=1S/C16H19N3O5S.H2O/c1-16(2)11(15(23)24)19-13(22)10(14(19)25-16)18-12(21)9(17)7-3-5-8(20)6-4-7;/h3-6,9-11,14,20H,17H2,1-2H3,(H,18,21)(H,23,24);1H2/t9?,10-,11+,14-;/m1./s1. The molecule has 2 amide bonds. The van der Waals surface area contributed by atoms with Crippen LogP contribution in [0.5, 0.6) is 5.75 Å². The number of nitrogens with zero attached hydrogens (tertiary/aromatic N) is 1. The summed E-state index contributed by atoms with van der Waals surface area (Å²) in [6, 6.07) is 3.21. The lowest BCUT2D eigenvalue weighted by Gasteiger charge is -2.43. The third-order valence-electron chi connectivity index (χ3n) is 4.51. The number of nitrogens with one attached hydrogen (secondary N) is 1. The van der Waals surface area contributed by atoms with Crippen LogP contribution in [0.2, 0.25) is 0 Å². The zero-order chi connectivity index (χ0) is 18.5. The Morgan fingerprint density at radius 1 is 1.31 bits per heavy atom. The first-order chi connectivity index (χ1) is 11.6. The Bertz CT molecular complexity index is 738. The van der Waals surface area contributed by atoms with Crippen LogP contribution in [0, 0.1) is 0 Å². The Morgan fingerprint density at radius 2 is 1.88 bits per heavy atom. The number of phenolic OH excluding ortho intramolecular Hbond substituents is 1. The number of aromatic hydroxyl groups is 1. The molecular weight excluding hydrogens is 362 g/mol. The fraction of sp³-hybridized carbons (Fsp3) is 0.438. The maximum atomic E-state index is 12.3. The molecule has 0 bridgehead atoms. The number of rotatable bonds is 4. The molecule has 1 aromatic rings. The molecule has 3 rings (SSSR count). The minimum absolute atomic E-state index is 0. The molecule has 26 heavy (non-hydrogen) atoms. The number of benzene rings is 1. The van der Waals surface area contributed by atoms with Gasteiger partial charge in [0.05, 0.1) is 0 Å². The summed E-state index contributed by atoms with van der Waals surface area (Å²) in [5.41, 5.74) is 6.41. The van der Waals surface area contributed by atoms with Gasteiger partial charge in [0.25, 0.3) is 0 Å². The van der Waals surface area contributed by atoms with Gasteiger partial charge in [0, 0.05) is 4.75 Å². The SMILES string of the molecule is CC1(C)S[C@@H]2[C@H](NC(=O)C(N)c3ccc(O)cc3)C(=O)N2[C@H]1C(=O)O.O. The Morgan fingerprint density at radius 3 is 2.42 bits per heavy atom. The molecule has 1 unspecified atom stereocenters. The Hall–Kier alpha value is -2.30. The van der Waals surface area contributed by atoms with Crippen LogP contribution in [-0.4, -0.2) is 60.6 Å². The van der Waals surface area contributed by atoms with Crippen LogP contribution in [-0.2, 0) is 14.4 Å². The summed E-state index contributed by atoms with van der Waals surface area (Å²) in [6.45, 7) is 3.53. The van der Waals surface area contributed by atoms with Crippen LogP contribution < -0.4 is 11.1 Å². The van der Waals surface area contributed by atoms with E-state index in [4.69, 9.17) is 5.73 Å². The van der Waals surface area contributed by atoms with Gasteiger partial charge in [-0.3, -0.25) is 9.59 Å². The average Bonchev–Trinajstić information content (AvgIpc) is 2.80. The van der Waals surface area contributed by atoms with Gasteiger partial charge in [0.1, 0.15) is 29.2 Å². The van der Waals surface area contributed by atoms with E-state index in [1.165, 1.54) is 40.9 Å². The van der Waals surface area contributed by atoms with E-state index in [0.717, 1.165) is 0 Å². The maximum absolute atomic E-state index is 12.3. The summed E-state index contributed by atoms with van der Waals surface area (Å²) < 4.78 is -0.648. The van der Waals surface area contributed by atoms with Crippen molar-refractivity contribution in [3.8, 4) is 5.75 Å². The maximum Gasteiger partial charge on any atom is 0.327 e. The molecule has 2 aliphatic rings. The predicted molar refractivity (Wildman–Crippen MR) is 94.3 cm³/mol. The second-order valence-corrected chi connectivity index (χ2v) is 8.42. The summed E-state index contributed by atoms with van der Waals surface area (Å²) >= 11 is 1.35. The van der Waals surface area contributed by atoms with E-state index in [2.05, 4.69) is 5.32 Å². The molecular formula is C16H21N3O6S. The number of hydrogen-bond acceptors (Lipinski definition) is 6. The Balaban J connectivity index is 0.00000243. The molecule has 0 radical (unpaired) electrons. The molecule has 0 aliphatic carbocycles. The molecule has 2 heterocycles. The van der Waals surface area contributed by atoms with Gasteiger partial charge < -0.3 is 31.6 Å². The van der Waals surface area contributed by atoms with E-state index in [1.807, 2.05) is 0 Å². The van der Waals surface area contributed by atoms with E-state index in [-0.39, 0.29) is 11.2 Å². The number of aliphatic carboxylic acids is 1. The number of β-lactam (4-membered cyclic amide) rings is 1. The van der Waals surface area contributed by atoms with Gasteiger partial charge in [-0.25, -0.2) is 4.79 Å². The zero-order valence-electron chi connectivity index (χ0n) is 14.2. The molecule has 7 N–H and O–H groups in total. The van der Waals surface area contributed by atoms with Gasteiger partial charge >= 0.3 is 5.97 Å². The first-order valence-corrected chi connectivity index (χ1v) is 8.59. The van der Waals surface area contributed by atoms with E-state index in [0.29, 0.717) is 5.56 Å². The molecule has 4 atom stereocenters. The summed E-state index contributed by atoms with van der Waals surface area (Å²) in [6.07, 6.45) is 0. The minimum Gasteiger partial charge on any atom is -0.508 e. The first kappa shape index (κ1) is 20.0. The van der Waals surface area contributed by atoms with E-state index in [9.17, 15) is 24.6 Å². The molecule has 2 aliphatic heterocycles. The molecule has 0 spiro atoms. The molecule has 0 aromatic heterocycles. The fourth-order valence-corrected chi connectivity index (χ4v) is 4.85. The van der Waals surface area contributed by atoms with Crippen molar-refractivity contribution in [2.45, 2.75) is 42.1 Å². The van der Waals surface area contributed by atoms with Crippen LogP contribution in [0.1, 0.15) is 25.5 Å². The topological polar surface area (TPSA) is 164 Å². The first-order valence-electron chi connectivity index (χ1n) is 7.71. The van der Waals surface area contributed by atoms with Crippen molar-refractivity contribution in [1.82, 2.24) is 10.2 Å². The van der Waals surface area contributed by atoms with Crippen LogP contribution >= 0.6 is 11.8 Å². The fourth-order valence-electron chi connectivity index (χ4n) is 3.22. The molecule has 1 aromatic carbocycles. The number of nitrogens with two attached hydrogens (primary N) is 1. The number of amides is 2. The number of carboxylic acids is 1. The predicted octanol–water partition coefficient (Wildman–Crippen LogP) is -0.801. The number of thioether (sulfide) groups is 1. The minimum atomic E-state index is -1.06. The second kappa shape index (κ2) is 6.78. The third-order valence-corrected chi connectivity index (χ3v) is 6.08. The van der Waals surface area contributed by atoms with E-state index < -0.39 is 46.0 Å². The molecule has 9 nitrogen and oxygen atoms in total. The molecule has 142 valence electrons.